The number of ether oxygens (including phenoxy) is 2. The van der Waals surface area contributed by atoms with E-state index in [4.69, 9.17) is 0 Å². The minimum atomic E-state index is -4.61. The molecule has 1 aliphatic carbocycles. The number of para-hydroxylation sites is 1. The lowest BCUT2D eigenvalue weighted by Crippen LogP contribution is -2.26. The fraction of sp³-hybridized carbons (Fsp3) is 0.412. The Balaban J connectivity index is 1.56. The van der Waals surface area contributed by atoms with E-state index in [1.165, 1.54) is 18.2 Å². The molecule has 28 heavy (non-hydrogen) atoms. The maximum Gasteiger partial charge on any atom is 0.586 e. The van der Waals surface area contributed by atoms with Crippen LogP contribution in [0.4, 0.5) is 27.6 Å². The van der Waals surface area contributed by atoms with E-state index in [0.29, 0.717) is 25.0 Å². The molecule has 2 aromatic rings. The zero-order chi connectivity index (χ0) is 20.1. The Morgan fingerprint density at radius 3 is 2.71 bits per heavy atom. The molecule has 2 aliphatic rings. The van der Waals surface area contributed by atoms with Crippen molar-refractivity contribution >= 4 is 11.6 Å². The van der Waals surface area contributed by atoms with E-state index in [2.05, 4.69) is 19.9 Å². The Morgan fingerprint density at radius 2 is 1.96 bits per heavy atom. The van der Waals surface area contributed by atoms with E-state index < -0.39 is 30.6 Å². The number of carbonyl (C=O) groups is 1. The van der Waals surface area contributed by atoms with Crippen molar-refractivity contribution in [2.45, 2.75) is 44.7 Å². The van der Waals surface area contributed by atoms with Crippen molar-refractivity contribution in [3.63, 3.8) is 0 Å². The SMILES string of the molecule is O=C(Cn1nc(C(F)(F)F)c2c1CCCC2)Nc1cccc2c1OC(F)(F)O2. The van der Waals surface area contributed by atoms with Crippen molar-refractivity contribution in [2.75, 3.05) is 5.32 Å². The van der Waals surface area contributed by atoms with Crippen LogP contribution in [0.2, 0.25) is 0 Å². The van der Waals surface area contributed by atoms with E-state index >= 15 is 0 Å². The smallest absolute Gasteiger partial charge is 0.395 e. The van der Waals surface area contributed by atoms with Crippen molar-refractivity contribution in [3.8, 4) is 11.5 Å². The number of nitrogens with one attached hydrogen (secondary N) is 1. The lowest BCUT2D eigenvalue weighted by molar-refractivity contribution is -0.286. The maximum absolute atomic E-state index is 13.2. The molecule has 150 valence electrons. The first kappa shape index (κ1) is 18.5. The van der Waals surface area contributed by atoms with Crippen LogP contribution >= 0.6 is 0 Å². The van der Waals surface area contributed by atoms with Crippen LogP contribution in [0.1, 0.15) is 29.8 Å². The average Bonchev–Trinajstić information content (AvgIpc) is 3.12. The van der Waals surface area contributed by atoms with Gasteiger partial charge in [0.05, 0.1) is 5.69 Å². The maximum atomic E-state index is 13.2. The first-order valence-corrected chi connectivity index (χ1v) is 8.48. The summed E-state index contributed by atoms with van der Waals surface area (Å²) in [5.74, 6) is -1.32. The van der Waals surface area contributed by atoms with Crippen molar-refractivity contribution in [3.05, 3.63) is 35.2 Å². The number of amides is 1. The number of carbonyl (C=O) groups excluding carboxylic acids is 1. The Labute approximate surface area is 155 Å². The Bertz CT molecular complexity index is 939. The lowest BCUT2D eigenvalue weighted by atomic mass is 9.95. The molecule has 0 unspecified atom stereocenters. The summed E-state index contributed by atoms with van der Waals surface area (Å²) in [5.41, 5.74) is -0.564. The van der Waals surface area contributed by atoms with Gasteiger partial charge in [-0.15, -0.1) is 8.78 Å². The second-order valence-electron chi connectivity index (χ2n) is 6.48. The fourth-order valence-electron chi connectivity index (χ4n) is 3.42. The second-order valence-corrected chi connectivity index (χ2v) is 6.48. The van der Waals surface area contributed by atoms with Crippen molar-refractivity contribution in [1.29, 1.82) is 0 Å². The lowest BCUT2D eigenvalue weighted by Gasteiger charge is -2.15. The number of fused-ring (bicyclic) bond motifs is 2. The molecule has 1 aliphatic heterocycles. The van der Waals surface area contributed by atoms with E-state index in [0.717, 1.165) is 4.68 Å². The standard InChI is InChI=1S/C17H14F5N3O3/c18-16(19,20)15-9-4-1-2-6-11(9)25(24-15)8-13(26)23-10-5-3-7-12-14(10)28-17(21,22)27-12/h3,5,7H,1-2,4,6,8H2,(H,23,26). The molecule has 6 nitrogen and oxygen atoms in total. The van der Waals surface area contributed by atoms with Gasteiger partial charge in [-0.05, 0) is 37.8 Å². The van der Waals surface area contributed by atoms with Gasteiger partial charge < -0.3 is 14.8 Å². The molecule has 0 fully saturated rings. The van der Waals surface area contributed by atoms with Gasteiger partial charge in [0.15, 0.2) is 17.2 Å². The third kappa shape index (κ3) is 3.36. The van der Waals surface area contributed by atoms with Crippen molar-refractivity contribution in [2.24, 2.45) is 0 Å². The highest BCUT2D eigenvalue weighted by Crippen LogP contribution is 2.45. The number of benzene rings is 1. The van der Waals surface area contributed by atoms with Gasteiger partial charge in [-0.25, -0.2) is 0 Å². The van der Waals surface area contributed by atoms with Crippen LogP contribution in [-0.2, 0) is 30.4 Å². The predicted molar refractivity (Wildman–Crippen MR) is 85.1 cm³/mol. The highest BCUT2D eigenvalue weighted by atomic mass is 19.4. The molecule has 0 radical (unpaired) electrons. The number of alkyl halides is 5. The third-order valence-corrected chi connectivity index (χ3v) is 4.52. The fourth-order valence-corrected chi connectivity index (χ4v) is 3.42. The van der Waals surface area contributed by atoms with E-state index in [1.54, 1.807) is 0 Å². The summed E-state index contributed by atoms with van der Waals surface area (Å²) < 4.78 is 75.8. The number of hydrogen-bond donors (Lipinski definition) is 1. The van der Waals surface area contributed by atoms with Crippen LogP contribution in [0.3, 0.4) is 0 Å². The summed E-state index contributed by atoms with van der Waals surface area (Å²) in [5, 5.41) is 5.96. The van der Waals surface area contributed by atoms with Crippen LogP contribution in [0, 0.1) is 0 Å². The van der Waals surface area contributed by atoms with Gasteiger partial charge in [-0.2, -0.15) is 18.3 Å². The topological polar surface area (TPSA) is 65.4 Å². The highest BCUT2D eigenvalue weighted by Gasteiger charge is 2.45. The number of hydrogen-bond acceptors (Lipinski definition) is 4. The largest absolute Gasteiger partial charge is 0.586 e. The molecule has 0 bridgehead atoms. The summed E-state index contributed by atoms with van der Waals surface area (Å²) >= 11 is 0. The summed E-state index contributed by atoms with van der Waals surface area (Å²) in [6.45, 7) is -0.487. The average molecular weight is 403 g/mol. The number of anilines is 1. The molecule has 1 aromatic carbocycles. The molecule has 1 aromatic heterocycles. The van der Waals surface area contributed by atoms with Gasteiger partial charge in [0.25, 0.3) is 0 Å². The van der Waals surface area contributed by atoms with Gasteiger partial charge in [-0.1, -0.05) is 6.07 Å². The number of halogens is 5. The monoisotopic (exact) mass is 403 g/mol. The Hall–Kier alpha value is -2.85. The van der Waals surface area contributed by atoms with Crippen LogP contribution in [0.15, 0.2) is 18.2 Å². The number of nitrogens with zero attached hydrogens (tertiary/aromatic N) is 2. The Kier molecular flexibility index (Phi) is 4.20. The van der Waals surface area contributed by atoms with Gasteiger partial charge >= 0.3 is 12.5 Å². The van der Waals surface area contributed by atoms with Gasteiger partial charge in [-0.3, -0.25) is 9.48 Å². The first-order chi connectivity index (χ1) is 13.1. The molecule has 0 atom stereocenters. The second kappa shape index (κ2) is 6.35. The molecule has 2 heterocycles. The van der Waals surface area contributed by atoms with Gasteiger partial charge in [0.2, 0.25) is 5.91 Å². The molecule has 0 saturated heterocycles. The molecule has 11 heteroatoms. The molecule has 1 amide bonds. The van der Waals surface area contributed by atoms with Crippen molar-refractivity contribution < 1.29 is 36.2 Å². The minimum absolute atomic E-state index is 0.0725. The third-order valence-electron chi connectivity index (χ3n) is 4.52. The van der Waals surface area contributed by atoms with Gasteiger partial charge in [0, 0.05) is 11.3 Å². The number of aromatic nitrogens is 2. The molecule has 0 spiro atoms. The molecular formula is C17H14F5N3O3. The molecule has 1 N–H and O–H groups in total. The highest BCUT2D eigenvalue weighted by molar-refractivity contribution is 5.92. The van der Waals surface area contributed by atoms with Crippen LogP contribution in [0.25, 0.3) is 0 Å². The van der Waals surface area contributed by atoms with E-state index in [-0.39, 0.29) is 29.2 Å². The Morgan fingerprint density at radius 1 is 1.21 bits per heavy atom. The van der Waals surface area contributed by atoms with Crippen LogP contribution in [0.5, 0.6) is 11.5 Å². The quantitative estimate of drug-likeness (QED) is 0.793. The predicted octanol–water partition coefficient (Wildman–Crippen LogP) is 3.74. The van der Waals surface area contributed by atoms with E-state index in [9.17, 15) is 26.7 Å². The normalized spacial score (nSPS) is 17.3. The van der Waals surface area contributed by atoms with Gasteiger partial charge in [0.1, 0.15) is 6.54 Å². The van der Waals surface area contributed by atoms with Crippen LogP contribution < -0.4 is 14.8 Å². The summed E-state index contributed by atoms with van der Waals surface area (Å²) in [6.07, 6.45) is -6.51. The summed E-state index contributed by atoms with van der Waals surface area (Å²) in [7, 11) is 0. The zero-order valence-corrected chi connectivity index (χ0v) is 14.3. The van der Waals surface area contributed by atoms with E-state index in [1.807, 2.05) is 0 Å². The molecule has 0 saturated carbocycles. The minimum Gasteiger partial charge on any atom is -0.395 e. The first-order valence-electron chi connectivity index (χ1n) is 8.48. The van der Waals surface area contributed by atoms with Crippen molar-refractivity contribution in [1.82, 2.24) is 9.78 Å². The molecule has 4 rings (SSSR count). The number of rotatable bonds is 3. The summed E-state index contributed by atoms with van der Waals surface area (Å²) in [4.78, 5) is 12.4. The molecular weight excluding hydrogens is 389 g/mol. The summed E-state index contributed by atoms with van der Waals surface area (Å²) in [6, 6.07) is 3.93. The van der Waals surface area contributed by atoms with Crippen LogP contribution in [-0.4, -0.2) is 22.0 Å². The zero-order valence-electron chi connectivity index (χ0n) is 14.3.